The number of H-pyrrole nitrogens is 1. The average molecular weight is 667 g/mol. The molecule has 4 aromatic carbocycles. The quantitative estimate of drug-likeness (QED) is 0.169. The van der Waals surface area contributed by atoms with Crippen LogP contribution in [0.5, 0.6) is 0 Å². The fourth-order valence-corrected chi connectivity index (χ4v) is 7.43. The molecule has 8 heteroatoms. The summed E-state index contributed by atoms with van der Waals surface area (Å²) in [5.41, 5.74) is 6.36. The van der Waals surface area contributed by atoms with E-state index in [4.69, 9.17) is 0 Å². The normalized spacial score (nSPS) is 17.9. The van der Waals surface area contributed by atoms with Gasteiger partial charge < -0.3 is 20.1 Å². The topological polar surface area (TPSA) is 103 Å². The van der Waals surface area contributed by atoms with Gasteiger partial charge in [-0.05, 0) is 85.2 Å². The first kappa shape index (κ1) is 33.0. The minimum Gasteiger partial charge on any atom is -0.355 e. The van der Waals surface area contributed by atoms with Crippen LogP contribution in [-0.2, 0) is 32.0 Å². The summed E-state index contributed by atoms with van der Waals surface area (Å²) in [7, 11) is 0. The fourth-order valence-electron chi connectivity index (χ4n) is 7.43. The van der Waals surface area contributed by atoms with E-state index in [1.54, 1.807) is 9.80 Å². The second-order valence-corrected chi connectivity index (χ2v) is 13.5. The molecule has 0 saturated carbocycles. The number of aromatic nitrogens is 1. The van der Waals surface area contributed by atoms with Crippen molar-refractivity contribution in [3.8, 4) is 11.3 Å². The summed E-state index contributed by atoms with van der Waals surface area (Å²) in [6, 6.07) is 34.2. The minimum absolute atomic E-state index is 0.0119. The molecule has 0 unspecified atom stereocenters. The van der Waals surface area contributed by atoms with Gasteiger partial charge in [0.2, 0.25) is 17.7 Å². The number of hydrogen-bond acceptors (Lipinski definition) is 4. The Labute approximate surface area is 292 Å². The monoisotopic (exact) mass is 666 g/mol. The number of carbonyl (C=O) groups is 4. The fraction of sp³-hybridized carbons (Fsp3) is 0.286. The number of carbonyl (C=O) groups excluding carboxylic acids is 4. The Hall–Kier alpha value is -5.50. The Bertz CT molecular complexity index is 2000. The van der Waals surface area contributed by atoms with E-state index in [0.29, 0.717) is 31.6 Å². The molecule has 8 nitrogen and oxygen atoms in total. The molecule has 2 N–H and O–H groups in total. The molecule has 254 valence electrons. The molecule has 2 aliphatic rings. The Morgan fingerprint density at radius 2 is 1.42 bits per heavy atom. The predicted octanol–water partition coefficient (Wildman–Crippen LogP) is 6.91. The molecule has 0 bridgehead atoms. The van der Waals surface area contributed by atoms with Crippen LogP contribution in [0.4, 0.5) is 5.69 Å². The Kier molecular flexibility index (Phi) is 9.60. The molecule has 1 aromatic heterocycles. The van der Waals surface area contributed by atoms with E-state index in [1.807, 2.05) is 110 Å². The summed E-state index contributed by atoms with van der Waals surface area (Å²) in [4.78, 5) is 60.1. The summed E-state index contributed by atoms with van der Waals surface area (Å²) in [6.07, 6.45) is 3.55. The summed E-state index contributed by atoms with van der Waals surface area (Å²) in [5.74, 6) is -0.397. The highest BCUT2D eigenvalue weighted by atomic mass is 16.2. The number of hydrogen-bond donors (Lipinski definition) is 2. The van der Waals surface area contributed by atoms with E-state index < -0.39 is 12.1 Å². The van der Waals surface area contributed by atoms with E-state index in [9.17, 15) is 19.2 Å². The van der Waals surface area contributed by atoms with Crippen LogP contribution in [0.1, 0.15) is 55.2 Å². The zero-order valence-corrected chi connectivity index (χ0v) is 28.3. The number of nitrogens with zero attached hydrogens (tertiary/aromatic N) is 2. The van der Waals surface area contributed by atoms with Crippen molar-refractivity contribution in [3.63, 3.8) is 0 Å². The van der Waals surface area contributed by atoms with Gasteiger partial charge in [-0.25, -0.2) is 0 Å². The maximum atomic E-state index is 13.5. The van der Waals surface area contributed by atoms with E-state index in [0.717, 1.165) is 51.7 Å². The molecule has 3 heterocycles. The van der Waals surface area contributed by atoms with Crippen molar-refractivity contribution < 1.29 is 19.2 Å². The molecule has 0 spiro atoms. The maximum Gasteiger partial charge on any atom is 0.247 e. The number of rotatable bonds is 10. The Morgan fingerprint density at radius 3 is 2.16 bits per heavy atom. The van der Waals surface area contributed by atoms with Gasteiger partial charge in [0.1, 0.15) is 6.04 Å². The number of anilines is 1. The first-order valence-electron chi connectivity index (χ1n) is 17.6. The molecule has 2 aliphatic heterocycles. The highest BCUT2D eigenvalue weighted by Gasteiger charge is 2.36. The molecule has 0 aliphatic carbocycles. The third-order valence-electron chi connectivity index (χ3n) is 10.2. The molecule has 3 atom stereocenters. The highest BCUT2D eigenvalue weighted by molar-refractivity contribution is 5.98. The second kappa shape index (κ2) is 14.5. The smallest absolute Gasteiger partial charge is 0.247 e. The number of aromatic amines is 1. The maximum absolute atomic E-state index is 13.5. The van der Waals surface area contributed by atoms with Gasteiger partial charge in [0.05, 0.1) is 18.4 Å². The SMILES string of the molecule is C[C@@H](C(=O)N1CCC[C@H]1C(=O)Cc1ccc2[nH]c(-c3ccc(NC(=O)[C@@H]4CCCN4C(=O)Cc4ccccc4)cc3)cc2c1)c1ccccc1. The van der Waals surface area contributed by atoms with Crippen LogP contribution < -0.4 is 5.32 Å². The van der Waals surface area contributed by atoms with Crippen molar-refractivity contribution in [3.05, 3.63) is 126 Å². The zero-order valence-electron chi connectivity index (χ0n) is 28.3. The molecule has 2 fully saturated rings. The minimum atomic E-state index is -0.476. The number of likely N-dealkylation sites (tertiary alicyclic amines) is 2. The second-order valence-electron chi connectivity index (χ2n) is 13.5. The van der Waals surface area contributed by atoms with E-state index in [-0.39, 0.29) is 42.3 Å². The van der Waals surface area contributed by atoms with E-state index in [1.165, 1.54) is 0 Å². The van der Waals surface area contributed by atoms with Crippen molar-refractivity contribution in [1.82, 2.24) is 14.8 Å². The van der Waals surface area contributed by atoms with Crippen molar-refractivity contribution in [2.45, 2.75) is 63.5 Å². The Morgan fingerprint density at radius 1 is 0.740 bits per heavy atom. The molecule has 2 saturated heterocycles. The number of nitrogens with one attached hydrogen (secondary N) is 2. The standard InChI is InChI=1S/C42H42N4O4/c1-28(31-12-6-3-7-13-31)42(50)46-23-8-14-37(46)39(47)25-30-16-21-35-33(24-30)27-36(44-35)32-17-19-34(20-18-32)43-41(49)38-15-9-22-45(38)40(48)26-29-10-4-2-5-11-29/h2-7,10-13,16-21,24,27-28,37-38,44H,8-9,14-15,22-23,25-26H2,1H3,(H,43,49)/t28-,37+,38+/m1/s1. The van der Waals surface area contributed by atoms with Crippen LogP contribution in [0.2, 0.25) is 0 Å². The first-order valence-corrected chi connectivity index (χ1v) is 17.6. The van der Waals surface area contributed by atoms with Crippen LogP contribution in [0.15, 0.2) is 109 Å². The van der Waals surface area contributed by atoms with Crippen LogP contribution in [-0.4, -0.2) is 63.5 Å². The van der Waals surface area contributed by atoms with Crippen LogP contribution in [0, 0.1) is 0 Å². The number of fused-ring (bicyclic) bond motifs is 1. The largest absolute Gasteiger partial charge is 0.355 e. The van der Waals surface area contributed by atoms with Crippen molar-refractivity contribution in [2.75, 3.05) is 18.4 Å². The molecule has 0 radical (unpaired) electrons. The van der Waals surface area contributed by atoms with Crippen LogP contribution >= 0.6 is 0 Å². The number of amides is 3. The van der Waals surface area contributed by atoms with Crippen LogP contribution in [0.25, 0.3) is 22.2 Å². The predicted molar refractivity (Wildman–Crippen MR) is 196 cm³/mol. The van der Waals surface area contributed by atoms with Crippen LogP contribution in [0.3, 0.4) is 0 Å². The van der Waals surface area contributed by atoms with Gasteiger partial charge in [0.15, 0.2) is 5.78 Å². The lowest BCUT2D eigenvalue weighted by atomic mass is 9.97. The van der Waals surface area contributed by atoms with Crippen molar-refractivity contribution >= 4 is 40.1 Å². The number of ketones is 1. The number of benzene rings is 4. The highest BCUT2D eigenvalue weighted by Crippen LogP contribution is 2.29. The average Bonchev–Trinajstić information content (AvgIpc) is 3.92. The third kappa shape index (κ3) is 7.10. The first-order chi connectivity index (χ1) is 24.3. The Balaban J connectivity index is 0.973. The molecular formula is C42H42N4O4. The lowest BCUT2D eigenvalue weighted by Crippen LogP contribution is -2.43. The van der Waals surface area contributed by atoms with Crippen molar-refractivity contribution in [2.24, 2.45) is 0 Å². The third-order valence-corrected chi connectivity index (χ3v) is 10.2. The van der Waals surface area contributed by atoms with E-state index >= 15 is 0 Å². The van der Waals surface area contributed by atoms with Gasteiger partial charge in [-0.1, -0.05) is 78.9 Å². The van der Waals surface area contributed by atoms with Gasteiger partial charge in [-0.2, -0.15) is 0 Å². The van der Waals surface area contributed by atoms with Gasteiger partial charge in [0.25, 0.3) is 0 Å². The molecular weight excluding hydrogens is 624 g/mol. The van der Waals surface area contributed by atoms with Gasteiger partial charge in [-0.15, -0.1) is 0 Å². The summed E-state index contributed by atoms with van der Waals surface area (Å²) < 4.78 is 0. The summed E-state index contributed by atoms with van der Waals surface area (Å²) in [5, 5.41) is 4.01. The molecule has 50 heavy (non-hydrogen) atoms. The molecule has 7 rings (SSSR count). The lowest BCUT2D eigenvalue weighted by Gasteiger charge is -2.27. The summed E-state index contributed by atoms with van der Waals surface area (Å²) in [6.45, 7) is 3.12. The van der Waals surface area contributed by atoms with E-state index in [2.05, 4.69) is 16.4 Å². The van der Waals surface area contributed by atoms with Gasteiger partial charge >= 0.3 is 0 Å². The molecule has 5 aromatic rings. The van der Waals surface area contributed by atoms with Gasteiger partial charge in [0, 0.05) is 41.8 Å². The van der Waals surface area contributed by atoms with Gasteiger partial charge in [-0.3, -0.25) is 19.2 Å². The summed E-state index contributed by atoms with van der Waals surface area (Å²) >= 11 is 0. The number of Topliss-reactive ketones (excluding diaryl/α,β-unsaturated/α-hetero) is 1. The lowest BCUT2D eigenvalue weighted by molar-refractivity contribution is -0.138. The molecule has 3 amide bonds. The zero-order chi connectivity index (χ0) is 34.6. The van der Waals surface area contributed by atoms with Crippen molar-refractivity contribution in [1.29, 1.82) is 0 Å².